The molecule has 1 aromatic carbocycles. The van der Waals surface area contributed by atoms with E-state index in [1.54, 1.807) is 0 Å². The van der Waals surface area contributed by atoms with Crippen molar-refractivity contribution in [1.82, 2.24) is 4.90 Å². The van der Waals surface area contributed by atoms with Crippen molar-refractivity contribution in [2.45, 2.75) is 56.8 Å². The van der Waals surface area contributed by atoms with Crippen molar-refractivity contribution in [3.8, 4) is 0 Å². The molecule has 4 aliphatic rings. The number of aliphatic hydroxyl groups excluding tert-OH is 2. The molecule has 4 fully saturated rings. The van der Waals surface area contributed by atoms with Crippen LogP contribution in [0, 0.1) is 17.8 Å². The summed E-state index contributed by atoms with van der Waals surface area (Å²) in [5, 5.41) is 20.4. The van der Waals surface area contributed by atoms with Crippen molar-refractivity contribution in [1.29, 1.82) is 0 Å². The Morgan fingerprint density at radius 3 is 2.58 bits per heavy atom. The normalized spacial score (nSPS) is 34.9. The largest absolute Gasteiger partial charge is 0.390 e. The van der Waals surface area contributed by atoms with Gasteiger partial charge in [0.05, 0.1) is 12.2 Å². The van der Waals surface area contributed by atoms with Crippen LogP contribution in [0.15, 0.2) is 24.3 Å². The second kappa shape index (κ2) is 7.29. The van der Waals surface area contributed by atoms with Gasteiger partial charge in [-0.25, -0.2) is 0 Å². The highest BCUT2D eigenvalue weighted by atomic mass is 16.3. The number of rotatable bonds is 3. The zero-order chi connectivity index (χ0) is 18.3. The summed E-state index contributed by atoms with van der Waals surface area (Å²) in [5.74, 6) is 0.590. The average molecular weight is 358 g/mol. The van der Waals surface area contributed by atoms with E-state index in [0.29, 0.717) is 12.5 Å². The van der Waals surface area contributed by atoms with Crippen molar-refractivity contribution < 1.29 is 15.0 Å². The first-order chi connectivity index (χ1) is 12.6. The van der Waals surface area contributed by atoms with Gasteiger partial charge in [-0.05, 0) is 61.0 Å². The van der Waals surface area contributed by atoms with Crippen LogP contribution in [-0.2, 0) is 11.3 Å². The van der Waals surface area contributed by atoms with E-state index >= 15 is 0 Å². The Labute approximate surface area is 155 Å². The van der Waals surface area contributed by atoms with Crippen molar-refractivity contribution in [3.05, 3.63) is 35.4 Å². The molecule has 5 unspecified atom stereocenters. The molecule has 4 N–H and O–H groups in total. The third kappa shape index (κ3) is 3.17. The summed E-state index contributed by atoms with van der Waals surface area (Å²) in [4.78, 5) is 15.0. The van der Waals surface area contributed by atoms with Gasteiger partial charge in [0.25, 0.3) is 0 Å². The first-order valence-electron chi connectivity index (χ1n) is 10.0. The van der Waals surface area contributed by atoms with Gasteiger partial charge in [-0.3, -0.25) is 4.79 Å². The Hall–Kier alpha value is -1.43. The lowest BCUT2D eigenvalue weighted by Gasteiger charge is -2.49. The Bertz CT molecular complexity index is 654. The maximum Gasteiger partial charge on any atom is 0.226 e. The number of carbonyl (C=O) groups excluding carboxylic acids is 1. The van der Waals surface area contributed by atoms with Crippen molar-refractivity contribution in [3.63, 3.8) is 0 Å². The van der Waals surface area contributed by atoms with Gasteiger partial charge in [-0.15, -0.1) is 0 Å². The Morgan fingerprint density at radius 2 is 1.88 bits per heavy atom. The summed E-state index contributed by atoms with van der Waals surface area (Å²) < 4.78 is 0. The highest BCUT2D eigenvalue weighted by Gasteiger charge is 2.50. The van der Waals surface area contributed by atoms with E-state index in [2.05, 4.69) is 24.3 Å². The molecule has 1 heterocycles. The van der Waals surface area contributed by atoms with Gasteiger partial charge < -0.3 is 20.8 Å². The predicted molar refractivity (Wildman–Crippen MR) is 99.2 cm³/mol. The second-order valence-corrected chi connectivity index (χ2v) is 8.37. The fraction of sp³-hybridized carbons (Fsp3) is 0.667. The topological polar surface area (TPSA) is 86.8 Å². The van der Waals surface area contributed by atoms with Crippen molar-refractivity contribution >= 4 is 5.91 Å². The number of hydrogen-bond donors (Lipinski definition) is 3. The van der Waals surface area contributed by atoms with Gasteiger partial charge in [0.1, 0.15) is 0 Å². The van der Waals surface area contributed by atoms with Crippen LogP contribution in [0.2, 0.25) is 0 Å². The molecule has 0 radical (unpaired) electrons. The zero-order valence-corrected chi connectivity index (χ0v) is 15.3. The summed E-state index contributed by atoms with van der Waals surface area (Å²) >= 11 is 0. The van der Waals surface area contributed by atoms with Crippen LogP contribution < -0.4 is 5.73 Å². The summed E-state index contributed by atoms with van der Waals surface area (Å²) in [7, 11) is 0. The minimum atomic E-state index is -0.729. The minimum absolute atomic E-state index is 0.0681. The maximum atomic E-state index is 13.1. The Morgan fingerprint density at radius 1 is 1.12 bits per heavy atom. The standard InChI is InChI=1S/C21H30N2O3/c22-12-13-2-1-3-15(10-13)14-6-8-23(9-7-14)21(26)18-11-16-4-5-17(18)20(25)19(16)24/h1-3,10,14,16-20,24-25H,4-9,11-12,22H2. The number of nitrogens with zero attached hydrogens (tertiary/aromatic N) is 1. The molecule has 3 saturated carbocycles. The van der Waals surface area contributed by atoms with Crippen LogP contribution in [0.3, 0.4) is 0 Å². The van der Waals surface area contributed by atoms with Crippen LogP contribution in [0.1, 0.15) is 49.1 Å². The molecule has 1 saturated heterocycles. The number of amides is 1. The van der Waals surface area contributed by atoms with Crippen LogP contribution in [0.5, 0.6) is 0 Å². The second-order valence-electron chi connectivity index (χ2n) is 8.37. The Kier molecular flexibility index (Phi) is 5.04. The number of piperidine rings is 1. The van der Waals surface area contributed by atoms with E-state index < -0.39 is 12.2 Å². The number of aliphatic hydroxyl groups is 2. The van der Waals surface area contributed by atoms with Crippen LogP contribution in [-0.4, -0.2) is 46.3 Å². The highest BCUT2D eigenvalue weighted by Crippen LogP contribution is 2.46. The summed E-state index contributed by atoms with van der Waals surface area (Å²) in [6.45, 7) is 2.12. The molecule has 1 aromatic rings. The van der Waals surface area contributed by atoms with E-state index in [1.807, 2.05) is 4.90 Å². The molecule has 142 valence electrons. The Balaban J connectivity index is 1.38. The summed E-state index contributed by atoms with van der Waals surface area (Å²) in [6.07, 6.45) is 3.12. The lowest BCUT2D eigenvalue weighted by molar-refractivity contribution is -0.163. The number of hydrogen-bond acceptors (Lipinski definition) is 4. The molecule has 5 rings (SSSR count). The van der Waals surface area contributed by atoms with Gasteiger partial charge in [0.2, 0.25) is 5.91 Å². The molecule has 1 aliphatic heterocycles. The summed E-state index contributed by atoms with van der Waals surface area (Å²) in [5.41, 5.74) is 8.24. The fourth-order valence-electron chi connectivity index (χ4n) is 5.40. The lowest BCUT2D eigenvalue weighted by Crippen LogP contribution is -2.56. The van der Waals surface area contributed by atoms with Crippen molar-refractivity contribution in [2.24, 2.45) is 23.5 Å². The number of likely N-dealkylation sites (tertiary alicyclic amines) is 1. The first kappa shape index (κ1) is 18.0. The molecule has 2 bridgehead atoms. The number of fused-ring (bicyclic) bond motifs is 3. The monoisotopic (exact) mass is 358 g/mol. The first-order valence-corrected chi connectivity index (χ1v) is 10.0. The third-order valence-corrected chi connectivity index (χ3v) is 7.00. The number of benzene rings is 1. The fourth-order valence-corrected chi connectivity index (χ4v) is 5.40. The van der Waals surface area contributed by atoms with Gasteiger partial charge >= 0.3 is 0 Å². The molecular weight excluding hydrogens is 328 g/mol. The van der Waals surface area contributed by atoms with E-state index in [-0.39, 0.29) is 23.7 Å². The molecule has 5 nitrogen and oxygen atoms in total. The number of carbonyl (C=O) groups is 1. The minimum Gasteiger partial charge on any atom is -0.390 e. The maximum absolute atomic E-state index is 13.1. The van der Waals surface area contributed by atoms with E-state index in [9.17, 15) is 15.0 Å². The quantitative estimate of drug-likeness (QED) is 0.766. The average Bonchev–Trinajstić information content (AvgIpc) is 2.71. The third-order valence-electron chi connectivity index (χ3n) is 7.00. The molecule has 1 amide bonds. The van der Waals surface area contributed by atoms with Gasteiger partial charge in [0, 0.05) is 25.6 Å². The lowest BCUT2D eigenvalue weighted by atomic mass is 9.61. The van der Waals surface area contributed by atoms with Gasteiger partial charge in [-0.1, -0.05) is 24.3 Å². The molecule has 5 heteroatoms. The van der Waals surface area contributed by atoms with Crippen LogP contribution >= 0.6 is 0 Å². The van der Waals surface area contributed by atoms with Gasteiger partial charge in [0.15, 0.2) is 0 Å². The smallest absolute Gasteiger partial charge is 0.226 e. The molecule has 26 heavy (non-hydrogen) atoms. The predicted octanol–water partition coefficient (Wildman–Crippen LogP) is 1.62. The molecule has 3 aliphatic carbocycles. The van der Waals surface area contributed by atoms with Gasteiger partial charge in [-0.2, -0.15) is 0 Å². The molecule has 5 atom stereocenters. The zero-order valence-electron chi connectivity index (χ0n) is 15.3. The molecular formula is C21H30N2O3. The van der Waals surface area contributed by atoms with Crippen LogP contribution in [0.4, 0.5) is 0 Å². The number of nitrogens with two attached hydrogens (primary N) is 1. The van der Waals surface area contributed by atoms with E-state index in [1.165, 1.54) is 5.56 Å². The van der Waals surface area contributed by atoms with E-state index in [0.717, 1.165) is 50.8 Å². The SMILES string of the molecule is NCc1cccc(C2CCN(C(=O)C3CC4CCC3C(O)C4O)CC2)c1. The van der Waals surface area contributed by atoms with E-state index in [4.69, 9.17) is 5.73 Å². The van der Waals surface area contributed by atoms with Crippen molar-refractivity contribution in [2.75, 3.05) is 13.1 Å². The summed E-state index contributed by atoms with van der Waals surface area (Å²) in [6, 6.07) is 8.49. The highest BCUT2D eigenvalue weighted by molar-refractivity contribution is 5.79. The van der Waals surface area contributed by atoms with Crippen LogP contribution in [0.25, 0.3) is 0 Å². The molecule has 0 aromatic heterocycles. The molecule has 0 spiro atoms.